The normalized spacial score (nSPS) is 14.0. The largest absolute Gasteiger partial charge is 0.478 e. The molecular formula is C22H26N2O3S. The van der Waals surface area contributed by atoms with Crippen molar-refractivity contribution in [1.29, 1.82) is 0 Å². The zero-order valence-electron chi connectivity index (χ0n) is 15.9. The molecule has 1 amide bonds. The molecule has 0 saturated carbocycles. The van der Waals surface area contributed by atoms with E-state index in [0.29, 0.717) is 24.3 Å². The van der Waals surface area contributed by atoms with Crippen LogP contribution < -0.4 is 10.2 Å². The van der Waals surface area contributed by atoms with Gasteiger partial charge < -0.3 is 15.3 Å². The van der Waals surface area contributed by atoms with E-state index in [2.05, 4.69) is 22.8 Å². The number of rotatable bonds is 7. The van der Waals surface area contributed by atoms with E-state index in [0.717, 1.165) is 42.7 Å². The number of hydrogen-bond acceptors (Lipinski definition) is 4. The molecule has 28 heavy (non-hydrogen) atoms. The van der Waals surface area contributed by atoms with Gasteiger partial charge in [-0.15, -0.1) is 0 Å². The molecule has 0 atom stereocenters. The molecule has 2 N–H and O–H groups in total. The first-order chi connectivity index (χ1) is 13.6. The van der Waals surface area contributed by atoms with E-state index >= 15 is 0 Å². The third kappa shape index (κ3) is 5.07. The number of piperidine rings is 1. The molecule has 0 radical (unpaired) electrons. The minimum atomic E-state index is -0.997. The first kappa shape index (κ1) is 20.3. The van der Waals surface area contributed by atoms with Crippen LogP contribution in [0.1, 0.15) is 47.2 Å². The molecule has 0 aliphatic carbocycles. The van der Waals surface area contributed by atoms with Gasteiger partial charge in [0.25, 0.3) is 0 Å². The van der Waals surface area contributed by atoms with Crippen molar-refractivity contribution in [3.63, 3.8) is 0 Å². The number of nitrogens with one attached hydrogen (secondary N) is 1. The third-order valence-electron chi connectivity index (χ3n) is 5.12. The number of aryl methyl sites for hydroxylation is 1. The number of thiol groups is 1. The van der Waals surface area contributed by atoms with Crippen molar-refractivity contribution in [2.75, 3.05) is 23.3 Å². The van der Waals surface area contributed by atoms with Crippen molar-refractivity contribution in [1.82, 2.24) is 0 Å². The van der Waals surface area contributed by atoms with E-state index in [-0.39, 0.29) is 11.5 Å². The summed E-state index contributed by atoms with van der Waals surface area (Å²) in [6.07, 6.45) is 4.38. The van der Waals surface area contributed by atoms with E-state index < -0.39 is 5.97 Å². The summed E-state index contributed by atoms with van der Waals surface area (Å²) in [7, 11) is 0. The standard InChI is InChI=1S/C22H26N2O3S/c25-21(11-9-16-6-2-3-7-18(16)15-28)23-19-14-17(22(26)27)8-10-20(19)24-12-4-1-5-13-24/h2-3,6-8,10,14,28H,1,4-5,9,11-13,15H2,(H,23,25)(H,26,27). The van der Waals surface area contributed by atoms with Gasteiger partial charge in [0.05, 0.1) is 16.9 Å². The molecule has 1 aliphatic heterocycles. The van der Waals surface area contributed by atoms with Crippen LogP contribution in [-0.4, -0.2) is 30.1 Å². The number of anilines is 2. The first-order valence-electron chi connectivity index (χ1n) is 9.68. The van der Waals surface area contributed by atoms with Crippen LogP contribution in [0, 0.1) is 0 Å². The summed E-state index contributed by atoms with van der Waals surface area (Å²) in [5.74, 6) is -0.476. The number of hydrogen-bond donors (Lipinski definition) is 3. The van der Waals surface area contributed by atoms with Crippen molar-refractivity contribution < 1.29 is 14.7 Å². The second kappa shape index (κ2) is 9.64. The highest BCUT2D eigenvalue weighted by Gasteiger charge is 2.18. The van der Waals surface area contributed by atoms with Crippen LogP contribution in [0.15, 0.2) is 42.5 Å². The smallest absolute Gasteiger partial charge is 0.335 e. The van der Waals surface area contributed by atoms with Crippen LogP contribution in [0.5, 0.6) is 0 Å². The molecule has 1 fully saturated rings. The Labute approximate surface area is 171 Å². The lowest BCUT2D eigenvalue weighted by Crippen LogP contribution is -2.30. The number of carboxylic acid groups (broad SMARTS) is 1. The molecule has 0 bridgehead atoms. The topological polar surface area (TPSA) is 69.6 Å². The number of nitrogens with zero attached hydrogens (tertiary/aromatic N) is 1. The average Bonchev–Trinajstić information content (AvgIpc) is 2.73. The Hall–Kier alpha value is -2.47. The summed E-state index contributed by atoms with van der Waals surface area (Å²) < 4.78 is 0. The molecule has 2 aromatic carbocycles. The number of carbonyl (C=O) groups excluding carboxylic acids is 1. The minimum absolute atomic E-state index is 0.116. The van der Waals surface area contributed by atoms with E-state index in [1.165, 1.54) is 6.42 Å². The Morgan fingerprint density at radius 1 is 1.04 bits per heavy atom. The van der Waals surface area contributed by atoms with Crippen molar-refractivity contribution in [2.24, 2.45) is 0 Å². The van der Waals surface area contributed by atoms with Gasteiger partial charge >= 0.3 is 5.97 Å². The fourth-order valence-corrected chi connectivity index (χ4v) is 3.90. The third-order valence-corrected chi connectivity index (χ3v) is 5.47. The molecule has 0 aromatic heterocycles. The number of carboxylic acids is 1. The Kier molecular flexibility index (Phi) is 6.98. The van der Waals surface area contributed by atoms with Gasteiger partial charge in [-0.05, 0) is 55.0 Å². The fraction of sp³-hybridized carbons (Fsp3) is 0.364. The molecule has 0 spiro atoms. The average molecular weight is 399 g/mol. The molecule has 148 valence electrons. The summed E-state index contributed by atoms with van der Waals surface area (Å²) in [6, 6.07) is 12.9. The Morgan fingerprint density at radius 3 is 2.43 bits per heavy atom. The zero-order chi connectivity index (χ0) is 19.9. The van der Waals surface area contributed by atoms with Gasteiger partial charge in [0.1, 0.15) is 0 Å². The summed E-state index contributed by atoms with van der Waals surface area (Å²) in [5.41, 5.74) is 3.89. The maximum Gasteiger partial charge on any atom is 0.335 e. The van der Waals surface area contributed by atoms with Crippen LogP contribution in [0.25, 0.3) is 0 Å². The van der Waals surface area contributed by atoms with Crippen LogP contribution in [0.2, 0.25) is 0 Å². The zero-order valence-corrected chi connectivity index (χ0v) is 16.8. The monoisotopic (exact) mass is 398 g/mol. The van der Waals surface area contributed by atoms with Crippen molar-refractivity contribution in [3.05, 3.63) is 59.2 Å². The predicted molar refractivity (Wildman–Crippen MR) is 116 cm³/mol. The van der Waals surface area contributed by atoms with Gasteiger partial charge in [-0.25, -0.2) is 4.79 Å². The molecule has 0 unspecified atom stereocenters. The van der Waals surface area contributed by atoms with Crippen LogP contribution in [0.4, 0.5) is 11.4 Å². The predicted octanol–water partition coefficient (Wildman–Crippen LogP) is 4.38. The van der Waals surface area contributed by atoms with Gasteiger partial charge in [0, 0.05) is 25.3 Å². The lowest BCUT2D eigenvalue weighted by molar-refractivity contribution is -0.116. The number of benzene rings is 2. The van der Waals surface area contributed by atoms with E-state index in [1.54, 1.807) is 18.2 Å². The van der Waals surface area contributed by atoms with Crippen LogP contribution in [-0.2, 0) is 17.0 Å². The Balaban J connectivity index is 1.74. The summed E-state index contributed by atoms with van der Waals surface area (Å²) in [5, 5.41) is 12.3. The van der Waals surface area contributed by atoms with Crippen molar-refractivity contribution in [3.8, 4) is 0 Å². The fourth-order valence-electron chi connectivity index (χ4n) is 3.60. The Bertz CT molecular complexity index is 847. The molecule has 5 nitrogen and oxygen atoms in total. The number of aromatic carboxylic acids is 1. The second-order valence-electron chi connectivity index (χ2n) is 7.06. The molecule has 3 rings (SSSR count). The lowest BCUT2D eigenvalue weighted by atomic mass is 10.0. The van der Waals surface area contributed by atoms with Crippen LogP contribution >= 0.6 is 12.6 Å². The van der Waals surface area contributed by atoms with Gasteiger partial charge in [-0.1, -0.05) is 24.3 Å². The SMILES string of the molecule is O=C(CCc1ccccc1CS)Nc1cc(C(=O)O)ccc1N1CCCCC1. The van der Waals surface area contributed by atoms with Gasteiger partial charge in [-0.2, -0.15) is 12.6 Å². The molecule has 1 saturated heterocycles. The summed E-state index contributed by atoms with van der Waals surface area (Å²) in [4.78, 5) is 26.2. The molecule has 1 heterocycles. The van der Waals surface area contributed by atoms with Gasteiger partial charge in [-0.3, -0.25) is 4.79 Å². The van der Waals surface area contributed by atoms with E-state index in [4.69, 9.17) is 0 Å². The number of amides is 1. The quantitative estimate of drug-likeness (QED) is 0.606. The van der Waals surface area contributed by atoms with E-state index in [1.807, 2.05) is 24.3 Å². The maximum atomic E-state index is 12.6. The van der Waals surface area contributed by atoms with Gasteiger partial charge in [0.15, 0.2) is 0 Å². The van der Waals surface area contributed by atoms with Crippen molar-refractivity contribution in [2.45, 2.75) is 37.9 Å². The lowest BCUT2D eigenvalue weighted by Gasteiger charge is -2.30. The van der Waals surface area contributed by atoms with Crippen LogP contribution in [0.3, 0.4) is 0 Å². The second-order valence-corrected chi connectivity index (χ2v) is 7.38. The van der Waals surface area contributed by atoms with Gasteiger partial charge in [0.2, 0.25) is 5.91 Å². The summed E-state index contributed by atoms with van der Waals surface area (Å²) in [6.45, 7) is 1.84. The number of carbonyl (C=O) groups is 2. The first-order valence-corrected chi connectivity index (χ1v) is 10.3. The minimum Gasteiger partial charge on any atom is -0.478 e. The van der Waals surface area contributed by atoms with Crippen molar-refractivity contribution >= 4 is 35.9 Å². The Morgan fingerprint density at radius 2 is 1.75 bits per heavy atom. The summed E-state index contributed by atoms with van der Waals surface area (Å²) >= 11 is 4.35. The molecule has 1 aliphatic rings. The van der Waals surface area contributed by atoms with E-state index in [9.17, 15) is 14.7 Å². The molecule has 2 aromatic rings. The molecular weight excluding hydrogens is 372 g/mol. The highest BCUT2D eigenvalue weighted by atomic mass is 32.1. The highest BCUT2D eigenvalue weighted by molar-refractivity contribution is 7.79. The maximum absolute atomic E-state index is 12.6. The highest BCUT2D eigenvalue weighted by Crippen LogP contribution is 2.30. The molecule has 6 heteroatoms.